The van der Waals surface area contributed by atoms with Gasteiger partial charge in [-0.15, -0.1) is 0 Å². The molecule has 7 heteroatoms. The molecule has 1 aliphatic heterocycles. The predicted octanol–water partition coefficient (Wildman–Crippen LogP) is 9.50. The summed E-state index contributed by atoms with van der Waals surface area (Å²) in [6.45, 7) is 0. The molecule has 0 N–H and O–H groups in total. The fourth-order valence-electron chi connectivity index (χ4n) is 7.77. The summed E-state index contributed by atoms with van der Waals surface area (Å²) in [4.78, 5) is 2.99. The predicted molar refractivity (Wildman–Crippen MR) is 196 cm³/mol. The van der Waals surface area contributed by atoms with Gasteiger partial charge in [-0.25, -0.2) is 16.8 Å². The molecule has 242 valence electrons. The maximum absolute atomic E-state index is 14.2. The van der Waals surface area contributed by atoms with Crippen LogP contribution in [0.4, 0.5) is 17.1 Å². The van der Waals surface area contributed by atoms with Gasteiger partial charge in [-0.2, -0.15) is 0 Å². The van der Waals surface area contributed by atoms with Crippen LogP contribution in [0, 0.1) is 0 Å². The first kappa shape index (κ1) is 30.3. The molecule has 0 atom stereocenters. The van der Waals surface area contributed by atoms with Crippen LogP contribution in [-0.2, 0) is 25.1 Å². The number of para-hydroxylation sites is 3. The van der Waals surface area contributed by atoms with Crippen LogP contribution in [0.5, 0.6) is 0 Å². The summed E-state index contributed by atoms with van der Waals surface area (Å²) in [6.07, 6.45) is 0. The van der Waals surface area contributed by atoms with E-state index < -0.39 is 25.1 Å². The highest BCUT2D eigenvalue weighted by atomic mass is 32.2. The van der Waals surface area contributed by atoms with E-state index in [0.29, 0.717) is 0 Å². The van der Waals surface area contributed by atoms with Crippen molar-refractivity contribution in [1.82, 2.24) is 0 Å². The Bertz CT molecular complexity index is 2510. The number of fused-ring (bicyclic) bond motifs is 9. The average molecular weight is 688 g/mol. The largest absolute Gasteiger partial charge is 0.310 e. The normalized spacial score (nSPS) is 14.0. The highest BCUT2D eigenvalue weighted by Gasteiger charge is 2.52. The molecule has 0 saturated heterocycles. The van der Waals surface area contributed by atoms with Gasteiger partial charge < -0.3 is 4.90 Å². The number of rotatable bonds is 5. The first-order chi connectivity index (χ1) is 24.3. The summed E-state index contributed by atoms with van der Waals surface area (Å²) < 4.78 is 56.6. The van der Waals surface area contributed by atoms with Crippen molar-refractivity contribution in [2.24, 2.45) is 0 Å². The molecule has 0 bridgehead atoms. The lowest BCUT2D eigenvalue weighted by Crippen LogP contribution is -2.36. The molecule has 1 heterocycles. The molecule has 1 aliphatic carbocycles. The standard InChI is InChI=1S/C43H29NO4S2/c45-49(46,31-16-6-2-7-17-31)33-24-26-35-36-27-25-34(50(47,48)32-18-8-3-9-19-32)29-40(36)43(39(35)28-33)37-20-10-12-22-41(37)44(30-14-4-1-5-15-30)42-23-13-11-21-38(42)43/h1-29H. The Balaban J connectivity index is 1.40. The fourth-order valence-corrected chi connectivity index (χ4v) is 10.4. The van der Waals surface area contributed by atoms with Crippen molar-refractivity contribution in [2.45, 2.75) is 25.0 Å². The smallest absolute Gasteiger partial charge is 0.206 e. The van der Waals surface area contributed by atoms with Crippen LogP contribution in [0.2, 0.25) is 0 Å². The lowest BCUT2D eigenvalue weighted by atomic mass is 9.64. The zero-order chi connectivity index (χ0) is 34.1. The molecule has 2 aliphatic rings. The Morgan fingerprint density at radius 1 is 0.360 bits per heavy atom. The second kappa shape index (κ2) is 11.1. The SMILES string of the molecule is O=S(=O)(c1ccccc1)c1ccc2c(c1)C1(c3cc(S(=O)(=O)c4ccccc4)ccc3-2)c2ccccc2N(c2ccccc2)c2ccccc21. The number of benzene rings is 7. The summed E-state index contributed by atoms with van der Waals surface area (Å²) in [6, 6.07) is 54.0. The molecule has 7 aromatic carbocycles. The van der Waals surface area contributed by atoms with Crippen molar-refractivity contribution in [3.05, 3.63) is 198 Å². The number of hydrogen-bond donors (Lipinski definition) is 0. The van der Waals surface area contributed by atoms with E-state index in [9.17, 15) is 16.8 Å². The highest BCUT2D eigenvalue weighted by molar-refractivity contribution is 7.91. The van der Waals surface area contributed by atoms with Crippen LogP contribution in [0.3, 0.4) is 0 Å². The molecule has 1 spiro atoms. The first-order valence-electron chi connectivity index (χ1n) is 16.3. The summed E-state index contributed by atoms with van der Waals surface area (Å²) >= 11 is 0. The van der Waals surface area contributed by atoms with Crippen molar-refractivity contribution in [3.8, 4) is 11.1 Å². The number of hydrogen-bond acceptors (Lipinski definition) is 5. The van der Waals surface area contributed by atoms with Gasteiger partial charge in [-0.1, -0.05) is 103 Å². The van der Waals surface area contributed by atoms with Crippen LogP contribution in [0.25, 0.3) is 11.1 Å². The lowest BCUT2D eigenvalue weighted by Gasteiger charge is -2.45. The van der Waals surface area contributed by atoms with Crippen LogP contribution in [0.15, 0.2) is 196 Å². The van der Waals surface area contributed by atoms with Gasteiger partial charge in [-0.05, 0) is 106 Å². The van der Waals surface area contributed by atoms with Crippen LogP contribution in [0.1, 0.15) is 22.3 Å². The van der Waals surface area contributed by atoms with Gasteiger partial charge in [0.15, 0.2) is 0 Å². The molecule has 7 aromatic rings. The summed E-state index contributed by atoms with van der Waals surface area (Å²) in [5.74, 6) is 0. The fraction of sp³-hybridized carbons (Fsp3) is 0.0233. The van der Waals surface area contributed by atoms with E-state index in [0.717, 1.165) is 50.4 Å². The van der Waals surface area contributed by atoms with E-state index in [-0.39, 0.29) is 19.6 Å². The van der Waals surface area contributed by atoms with E-state index in [4.69, 9.17) is 0 Å². The zero-order valence-corrected chi connectivity index (χ0v) is 28.3. The van der Waals surface area contributed by atoms with Crippen molar-refractivity contribution in [3.63, 3.8) is 0 Å². The van der Waals surface area contributed by atoms with Gasteiger partial charge >= 0.3 is 0 Å². The van der Waals surface area contributed by atoms with Crippen molar-refractivity contribution in [2.75, 3.05) is 4.90 Å². The van der Waals surface area contributed by atoms with Crippen LogP contribution < -0.4 is 4.90 Å². The third-order valence-electron chi connectivity index (χ3n) is 9.92. The molecule has 0 aromatic heterocycles. The molecular weight excluding hydrogens is 659 g/mol. The molecule has 0 radical (unpaired) electrons. The summed E-state index contributed by atoms with van der Waals surface area (Å²) in [7, 11) is -7.77. The van der Waals surface area contributed by atoms with Crippen LogP contribution >= 0.6 is 0 Å². The third-order valence-corrected chi connectivity index (χ3v) is 13.5. The topological polar surface area (TPSA) is 71.5 Å². The van der Waals surface area contributed by atoms with Gasteiger partial charge in [0, 0.05) is 5.69 Å². The highest BCUT2D eigenvalue weighted by Crippen LogP contribution is 2.63. The van der Waals surface area contributed by atoms with E-state index in [1.54, 1.807) is 84.9 Å². The Hall–Kier alpha value is -5.76. The molecule has 9 rings (SSSR count). The minimum absolute atomic E-state index is 0.173. The quantitative estimate of drug-likeness (QED) is 0.180. The number of anilines is 3. The second-order valence-corrected chi connectivity index (χ2v) is 16.4. The van der Waals surface area contributed by atoms with Gasteiger partial charge in [0.1, 0.15) is 0 Å². The molecule has 5 nitrogen and oxygen atoms in total. The third kappa shape index (κ3) is 4.24. The first-order valence-corrected chi connectivity index (χ1v) is 19.2. The Labute approximate surface area is 291 Å². The number of sulfone groups is 2. The molecule has 50 heavy (non-hydrogen) atoms. The van der Waals surface area contributed by atoms with E-state index >= 15 is 0 Å². The molecule has 0 amide bonds. The van der Waals surface area contributed by atoms with Crippen molar-refractivity contribution < 1.29 is 16.8 Å². The van der Waals surface area contributed by atoms with Crippen molar-refractivity contribution >= 4 is 36.7 Å². The Morgan fingerprint density at radius 2 is 0.740 bits per heavy atom. The molecule has 0 saturated carbocycles. The monoisotopic (exact) mass is 687 g/mol. The number of nitrogens with zero attached hydrogens (tertiary/aromatic N) is 1. The van der Waals surface area contributed by atoms with Gasteiger partial charge in [-0.3, -0.25) is 0 Å². The van der Waals surface area contributed by atoms with Gasteiger partial charge in [0.05, 0.1) is 36.4 Å². The van der Waals surface area contributed by atoms with Crippen LogP contribution in [-0.4, -0.2) is 16.8 Å². The zero-order valence-electron chi connectivity index (χ0n) is 26.6. The molecule has 0 fully saturated rings. The van der Waals surface area contributed by atoms with E-state index in [1.807, 2.05) is 54.6 Å². The van der Waals surface area contributed by atoms with Crippen molar-refractivity contribution in [1.29, 1.82) is 0 Å². The average Bonchev–Trinajstić information content (AvgIpc) is 3.45. The minimum Gasteiger partial charge on any atom is -0.310 e. The van der Waals surface area contributed by atoms with E-state index in [2.05, 4.69) is 41.3 Å². The summed E-state index contributed by atoms with van der Waals surface area (Å²) in [5, 5.41) is 0. The molecule has 0 unspecified atom stereocenters. The summed E-state index contributed by atoms with van der Waals surface area (Å²) in [5.41, 5.74) is 6.89. The van der Waals surface area contributed by atoms with Gasteiger partial charge in [0.2, 0.25) is 19.7 Å². The lowest BCUT2D eigenvalue weighted by molar-refractivity contribution is 0.594. The molecular formula is C43H29NO4S2. The maximum Gasteiger partial charge on any atom is 0.206 e. The Morgan fingerprint density at radius 3 is 1.18 bits per heavy atom. The maximum atomic E-state index is 14.2. The van der Waals surface area contributed by atoms with E-state index in [1.165, 1.54) is 0 Å². The second-order valence-electron chi connectivity index (χ2n) is 12.5. The van der Waals surface area contributed by atoms with Gasteiger partial charge in [0.25, 0.3) is 0 Å². The minimum atomic E-state index is -3.89. The Kier molecular flexibility index (Phi) is 6.75.